The van der Waals surface area contributed by atoms with E-state index in [0.717, 1.165) is 4.40 Å². The van der Waals surface area contributed by atoms with Crippen molar-refractivity contribution in [3.8, 4) is 5.95 Å². The third-order valence-corrected chi connectivity index (χ3v) is 1.94. The summed E-state index contributed by atoms with van der Waals surface area (Å²) in [6.45, 7) is 0. The molecule has 0 amide bonds. The summed E-state index contributed by atoms with van der Waals surface area (Å²) < 4.78 is 42.1. The Bertz CT molecular complexity index is 559. The van der Waals surface area contributed by atoms with Crippen LogP contribution in [0.4, 0.5) is 13.2 Å². The first-order valence-electron chi connectivity index (χ1n) is 4.15. The molecule has 0 aromatic carbocycles. The molecule has 1 N–H and O–H groups in total. The Balaban J connectivity index is 2.69. The molecule has 84 valence electrons. The van der Waals surface area contributed by atoms with E-state index in [9.17, 15) is 18.0 Å². The van der Waals surface area contributed by atoms with Crippen LogP contribution in [-0.2, 0) is 0 Å². The van der Waals surface area contributed by atoms with Gasteiger partial charge < -0.3 is 9.52 Å². The maximum atomic E-state index is 12.2. The Labute approximate surface area is 86.5 Å². The van der Waals surface area contributed by atoms with E-state index in [1.54, 1.807) is 0 Å². The molecule has 7 heteroatoms. The molecule has 0 fully saturated rings. The fraction of sp³-hybridized carbons (Fsp3) is 0.111. The largest absolute Gasteiger partial charge is 0.476 e. The molecule has 0 aliphatic heterocycles. The number of oxazole rings is 1. The molecule has 0 aliphatic rings. The lowest BCUT2D eigenvalue weighted by molar-refractivity contribution is -0.517. The molecule has 4 nitrogen and oxygen atoms in total. The summed E-state index contributed by atoms with van der Waals surface area (Å²) >= 11 is 0. The van der Waals surface area contributed by atoms with Gasteiger partial charge in [0.2, 0.25) is 0 Å². The van der Waals surface area contributed by atoms with Gasteiger partial charge in [-0.2, -0.15) is 13.2 Å². The van der Waals surface area contributed by atoms with Gasteiger partial charge >= 0.3 is 29.3 Å². The van der Waals surface area contributed by atoms with Crippen molar-refractivity contribution in [2.45, 2.75) is 6.18 Å². The highest BCUT2D eigenvalue weighted by atomic mass is 19.4. The van der Waals surface area contributed by atoms with Gasteiger partial charge in [-0.15, -0.1) is 4.40 Å². The van der Waals surface area contributed by atoms with Crippen LogP contribution < -0.4 is 4.40 Å². The molecule has 2 rings (SSSR count). The smallest absolute Gasteiger partial charge is 0.461 e. The van der Waals surface area contributed by atoms with Crippen molar-refractivity contribution in [2.24, 2.45) is 0 Å². The number of hydrogen-bond acceptors (Lipinski definition) is 3. The fourth-order valence-electron chi connectivity index (χ4n) is 1.29. The Morgan fingerprint density at radius 3 is 2.69 bits per heavy atom. The van der Waals surface area contributed by atoms with Crippen molar-refractivity contribution in [2.75, 3.05) is 0 Å². The highest BCUT2D eigenvalue weighted by Crippen LogP contribution is 2.26. The maximum Gasteiger partial charge on any atom is 0.461 e. The molecular weight excluding hydrogens is 227 g/mol. The Kier molecular flexibility index (Phi) is 2.11. The van der Waals surface area contributed by atoms with Crippen molar-refractivity contribution in [1.29, 1.82) is 0 Å². The first kappa shape index (κ1) is 10.5. The average Bonchev–Trinajstić information content (AvgIpc) is 2.51. The summed E-state index contributed by atoms with van der Waals surface area (Å²) in [7, 11) is 0. The van der Waals surface area contributed by atoms with E-state index in [2.05, 4.69) is 4.42 Å². The molecule has 0 unspecified atom stereocenters. The zero-order chi connectivity index (χ0) is 11.9. The number of fused-ring (bicyclic) bond motifs is 1. The predicted molar refractivity (Wildman–Crippen MR) is 43.9 cm³/mol. The van der Waals surface area contributed by atoms with Crippen LogP contribution in [0, 0.1) is 0 Å². The summed E-state index contributed by atoms with van der Waals surface area (Å²) in [5, 5.41) is 9.16. The molecule has 2 heterocycles. The summed E-state index contributed by atoms with van der Waals surface area (Å²) in [6.07, 6.45) is -3.87. The van der Waals surface area contributed by atoms with Crippen LogP contribution in [0.25, 0.3) is 5.71 Å². The van der Waals surface area contributed by atoms with E-state index >= 15 is 0 Å². The van der Waals surface area contributed by atoms with Crippen LogP contribution in [0.3, 0.4) is 0 Å². The van der Waals surface area contributed by atoms with Gasteiger partial charge in [0, 0.05) is 6.07 Å². The topological polar surface area (TPSA) is 54.5 Å². The third kappa shape index (κ3) is 1.50. The second kappa shape index (κ2) is 3.22. The lowest BCUT2D eigenvalue weighted by Crippen LogP contribution is -2.34. The van der Waals surface area contributed by atoms with Crippen molar-refractivity contribution >= 4 is 11.5 Å². The van der Waals surface area contributed by atoms with Gasteiger partial charge in [-0.05, 0) is 6.07 Å². The van der Waals surface area contributed by atoms with Crippen molar-refractivity contribution in [3.63, 3.8) is 0 Å². The summed E-state index contributed by atoms with van der Waals surface area (Å²) in [6, 6.07) is 4.24. The number of halogens is 3. The van der Waals surface area contributed by atoms with E-state index in [-0.39, 0.29) is 5.71 Å². The minimum Gasteiger partial charge on any atom is -0.476 e. The number of rotatable bonds is 1. The number of pyridine rings is 1. The van der Waals surface area contributed by atoms with Gasteiger partial charge in [0.25, 0.3) is 0 Å². The molecule has 0 atom stereocenters. The number of ketones is 1. The number of carbonyl (C=O) groups is 1. The third-order valence-electron chi connectivity index (χ3n) is 1.94. The number of aromatic hydroxyl groups is 1. The quantitative estimate of drug-likeness (QED) is 0.598. The minimum absolute atomic E-state index is 0.0485. The second-order valence-corrected chi connectivity index (χ2v) is 2.99. The number of carbonyl (C=O) groups excluding carboxylic acids is 1. The molecular formula is C9H5F3NO3+. The van der Waals surface area contributed by atoms with E-state index in [1.807, 2.05) is 0 Å². The maximum absolute atomic E-state index is 12.2. The first-order chi connectivity index (χ1) is 7.41. The van der Waals surface area contributed by atoms with E-state index in [0.29, 0.717) is 0 Å². The fourth-order valence-corrected chi connectivity index (χ4v) is 1.29. The lowest BCUT2D eigenvalue weighted by atomic mass is 10.3. The zero-order valence-corrected chi connectivity index (χ0v) is 7.65. The molecule has 2 aromatic rings. The van der Waals surface area contributed by atoms with Gasteiger partial charge in [0.05, 0.1) is 6.07 Å². The number of Topliss-reactive ketones (excluding diaryl/α,β-unsaturated/α-hetero) is 1. The van der Waals surface area contributed by atoms with Crippen LogP contribution in [-0.4, -0.2) is 17.1 Å². The normalized spacial score (nSPS) is 11.9. The summed E-state index contributed by atoms with van der Waals surface area (Å²) in [5.74, 6) is -3.20. The van der Waals surface area contributed by atoms with Gasteiger partial charge in [-0.25, -0.2) is 0 Å². The molecule has 0 saturated heterocycles. The Morgan fingerprint density at radius 2 is 2.06 bits per heavy atom. The number of hydrogen-bond donors (Lipinski definition) is 1. The molecule has 0 bridgehead atoms. The molecule has 0 radical (unpaired) electrons. The van der Waals surface area contributed by atoms with Crippen molar-refractivity contribution in [3.05, 3.63) is 30.1 Å². The van der Waals surface area contributed by atoms with Gasteiger partial charge in [-0.1, -0.05) is 0 Å². The van der Waals surface area contributed by atoms with E-state index in [4.69, 9.17) is 5.11 Å². The van der Waals surface area contributed by atoms with Gasteiger partial charge in [0.15, 0.2) is 6.20 Å². The van der Waals surface area contributed by atoms with Crippen LogP contribution >= 0.6 is 0 Å². The SMILES string of the molecule is O=C(c1c(O)oc2cccc[n+]12)C(F)(F)F. The summed E-state index contributed by atoms with van der Waals surface area (Å²) in [5.41, 5.74) is -0.976. The second-order valence-electron chi connectivity index (χ2n) is 2.99. The standard InChI is InChI=1S/C9H4F3NO3/c10-9(11,12)7(14)6-8(15)16-5-3-1-2-4-13(5)6/h1-4H/p+1. The Morgan fingerprint density at radius 1 is 1.38 bits per heavy atom. The first-order valence-corrected chi connectivity index (χ1v) is 4.15. The van der Waals surface area contributed by atoms with Crippen molar-refractivity contribution in [1.82, 2.24) is 0 Å². The molecule has 0 saturated carbocycles. The van der Waals surface area contributed by atoms with Crippen LogP contribution in [0.15, 0.2) is 28.8 Å². The predicted octanol–water partition coefficient (Wildman–Crippen LogP) is 1.47. The molecule has 0 aliphatic carbocycles. The van der Waals surface area contributed by atoms with Crippen LogP contribution in [0.5, 0.6) is 5.95 Å². The lowest BCUT2D eigenvalue weighted by Gasteiger charge is -1.98. The van der Waals surface area contributed by atoms with E-state index < -0.39 is 23.6 Å². The van der Waals surface area contributed by atoms with Crippen molar-refractivity contribution < 1.29 is 31.9 Å². The van der Waals surface area contributed by atoms with E-state index in [1.165, 1.54) is 24.4 Å². The number of alkyl halides is 3. The Hall–Kier alpha value is -2.05. The highest BCUT2D eigenvalue weighted by Gasteiger charge is 2.48. The molecule has 2 aromatic heterocycles. The minimum atomic E-state index is -5.06. The van der Waals surface area contributed by atoms with Gasteiger partial charge in [0.1, 0.15) is 0 Å². The molecule has 0 spiro atoms. The highest BCUT2D eigenvalue weighted by molar-refractivity contribution is 5.99. The van der Waals surface area contributed by atoms with Gasteiger partial charge in [-0.3, -0.25) is 4.79 Å². The van der Waals surface area contributed by atoms with Crippen LogP contribution in [0.1, 0.15) is 10.5 Å². The molecule has 16 heavy (non-hydrogen) atoms. The average molecular weight is 232 g/mol. The van der Waals surface area contributed by atoms with Crippen LogP contribution in [0.2, 0.25) is 0 Å². The zero-order valence-electron chi connectivity index (χ0n) is 7.65. The monoisotopic (exact) mass is 232 g/mol. The number of nitrogens with zero attached hydrogens (tertiary/aromatic N) is 1. The summed E-state index contributed by atoms with van der Waals surface area (Å²) in [4.78, 5) is 11.0. The number of aromatic nitrogens is 1.